The minimum Gasteiger partial charge on any atom is -0.346 e. The maximum Gasteiger partial charge on any atom is 0.194 e. The van der Waals surface area contributed by atoms with Gasteiger partial charge in [-0.3, -0.25) is 4.99 Å². The summed E-state index contributed by atoms with van der Waals surface area (Å²) in [6.07, 6.45) is 6.58. The predicted octanol–water partition coefficient (Wildman–Crippen LogP) is 1.78. The van der Waals surface area contributed by atoms with E-state index in [9.17, 15) is 4.39 Å². The highest BCUT2D eigenvalue weighted by Crippen LogP contribution is 2.13. The second-order valence-corrected chi connectivity index (χ2v) is 4.28. The number of nitrogens with zero attached hydrogens (tertiary/aromatic N) is 2. The number of nitrogens with one attached hydrogen (secondary N) is 1. The van der Waals surface area contributed by atoms with Crippen molar-refractivity contribution in [3.63, 3.8) is 0 Å². The third kappa shape index (κ3) is 2.80. The summed E-state index contributed by atoms with van der Waals surface area (Å²) in [5, 5.41) is 3.21. The van der Waals surface area contributed by atoms with Gasteiger partial charge in [0.2, 0.25) is 0 Å². The molecule has 1 atom stereocenters. The highest BCUT2D eigenvalue weighted by atomic mass is 19.1. The summed E-state index contributed by atoms with van der Waals surface area (Å²) >= 11 is 0. The average molecular weight is 245 g/mol. The van der Waals surface area contributed by atoms with Gasteiger partial charge < -0.3 is 10.2 Å². The van der Waals surface area contributed by atoms with Gasteiger partial charge in [-0.1, -0.05) is 18.1 Å². The van der Waals surface area contributed by atoms with Crippen molar-refractivity contribution in [1.29, 1.82) is 0 Å². The molecule has 0 saturated carbocycles. The fraction of sp³-hybridized carbons (Fsp3) is 0.357. The minimum absolute atomic E-state index is 0.262. The maximum atomic E-state index is 12.9. The molecule has 1 aliphatic heterocycles. The zero-order chi connectivity index (χ0) is 13.0. The molecule has 1 aromatic carbocycles. The van der Waals surface area contributed by atoms with E-state index < -0.39 is 0 Å². The summed E-state index contributed by atoms with van der Waals surface area (Å²) in [6.45, 7) is 1.78. The highest BCUT2D eigenvalue weighted by molar-refractivity contribution is 5.81. The van der Waals surface area contributed by atoms with Crippen LogP contribution in [0.3, 0.4) is 0 Å². The van der Waals surface area contributed by atoms with Gasteiger partial charge in [-0.2, -0.15) is 0 Å². The molecule has 0 amide bonds. The van der Waals surface area contributed by atoms with Gasteiger partial charge in [-0.25, -0.2) is 4.39 Å². The predicted molar refractivity (Wildman–Crippen MR) is 70.7 cm³/mol. The molecule has 0 saturated heterocycles. The smallest absolute Gasteiger partial charge is 0.194 e. The molecule has 1 aromatic rings. The second kappa shape index (κ2) is 5.54. The number of benzene rings is 1. The zero-order valence-electron chi connectivity index (χ0n) is 10.4. The summed E-state index contributed by atoms with van der Waals surface area (Å²) in [5.41, 5.74) is 0.862. The van der Waals surface area contributed by atoms with Crippen molar-refractivity contribution in [3.05, 3.63) is 35.6 Å². The Bertz CT molecular complexity index is 473. The standard InChI is InChI=1S/C14H16FN3/c1-3-13(11-5-7-12(15)8-6-11)17-14-16-9-4-10-18(14)2/h1,5-8,13H,4,9-10H2,2H3,(H,16,17). The lowest BCUT2D eigenvalue weighted by Crippen LogP contribution is -2.43. The summed E-state index contributed by atoms with van der Waals surface area (Å²) in [6, 6.07) is 5.92. The van der Waals surface area contributed by atoms with Crippen molar-refractivity contribution >= 4 is 5.96 Å². The SMILES string of the molecule is C#CC(NC1=NCCCN1C)c1ccc(F)cc1. The van der Waals surface area contributed by atoms with Crippen LogP contribution in [0, 0.1) is 18.2 Å². The van der Waals surface area contributed by atoms with E-state index in [2.05, 4.69) is 16.2 Å². The van der Waals surface area contributed by atoms with Crippen molar-refractivity contribution in [1.82, 2.24) is 10.2 Å². The molecule has 1 heterocycles. The number of aliphatic imine (C=N–C) groups is 1. The zero-order valence-corrected chi connectivity index (χ0v) is 10.4. The van der Waals surface area contributed by atoms with Crippen molar-refractivity contribution in [2.24, 2.45) is 4.99 Å². The quantitative estimate of drug-likeness (QED) is 0.804. The number of hydrogen-bond donors (Lipinski definition) is 1. The molecule has 0 radical (unpaired) electrons. The van der Waals surface area contributed by atoms with Crippen LogP contribution in [0.25, 0.3) is 0 Å². The van der Waals surface area contributed by atoms with Gasteiger partial charge in [-0.15, -0.1) is 6.42 Å². The minimum atomic E-state index is -0.287. The topological polar surface area (TPSA) is 27.6 Å². The summed E-state index contributed by atoms with van der Waals surface area (Å²) < 4.78 is 12.9. The molecule has 18 heavy (non-hydrogen) atoms. The van der Waals surface area contributed by atoms with E-state index in [0.29, 0.717) is 0 Å². The maximum absolute atomic E-state index is 12.9. The second-order valence-electron chi connectivity index (χ2n) is 4.28. The van der Waals surface area contributed by atoms with Gasteiger partial charge in [0, 0.05) is 20.1 Å². The molecule has 2 rings (SSSR count). The van der Waals surface area contributed by atoms with Gasteiger partial charge in [-0.05, 0) is 24.1 Å². The largest absolute Gasteiger partial charge is 0.346 e. The van der Waals surface area contributed by atoms with Gasteiger partial charge in [0.25, 0.3) is 0 Å². The summed E-state index contributed by atoms with van der Waals surface area (Å²) in [5.74, 6) is 3.20. The molecular formula is C14H16FN3. The van der Waals surface area contributed by atoms with Crippen LogP contribution in [-0.4, -0.2) is 31.0 Å². The van der Waals surface area contributed by atoms with E-state index >= 15 is 0 Å². The van der Waals surface area contributed by atoms with Gasteiger partial charge >= 0.3 is 0 Å². The number of terminal acetylenes is 1. The first-order valence-corrected chi connectivity index (χ1v) is 5.94. The average Bonchev–Trinajstić information content (AvgIpc) is 2.39. The third-order valence-corrected chi connectivity index (χ3v) is 2.92. The Labute approximate surface area is 107 Å². The highest BCUT2D eigenvalue weighted by Gasteiger charge is 2.15. The van der Waals surface area contributed by atoms with Gasteiger partial charge in [0.05, 0.1) is 0 Å². The number of halogens is 1. The van der Waals surface area contributed by atoms with Crippen molar-refractivity contribution in [2.45, 2.75) is 12.5 Å². The summed E-state index contributed by atoms with van der Waals surface area (Å²) in [4.78, 5) is 6.44. The molecule has 1 aliphatic rings. The van der Waals surface area contributed by atoms with Crippen LogP contribution >= 0.6 is 0 Å². The van der Waals surface area contributed by atoms with E-state index in [-0.39, 0.29) is 11.9 Å². The number of rotatable bonds is 2. The van der Waals surface area contributed by atoms with E-state index in [1.807, 2.05) is 11.9 Å². The Hall–Kier alpha value is -2.02. The Balaban J connectivity index is 2.13. The van der Waals surface area contributed by atoms with Gasteiger partial charge in [0.1, 0.15) is 11.9 Å². The van der Waals surface area contributed by atoms with Crippen LogP contribution in [0.2, 0.25) is 0 Å². The van der Waals surface area contributed by atoms with E-state index in [1.54, 1.807) is 12.1 Å². The lowest BCUT2D eigenvalue weighted by atomic mass is 10.1. The number of guanidine groups is 1. The normalized spacial score (nSPS) is 16.7. The molecule has 0 spiro atoms. The van der Waals surface area contributed by atoms with Crippen molar-refractivity contribution in [3.8, 4) is 12.3 Å². The molecule has 1 unspecified atom stereocenters. The van der Waals surface area contributed by atoms with E-state index in [1.165, 1.54) is 12.1 Å². The molecule has 94 valence electrons. The lowest BCUT2D eigenvalue weighted by Gasteiger charge is -2.28. The lowest BCUT2D eigenvalue weighted by molar-refractivity contribution is 0.442. The number of hydrogen-bond acceptors (Lipinski definition) is 3. The van der Waals surface area contributed by atoms with Crippen LogP contribution in [0.15, 0.2) is 29.3 Å². The van der Waals surface area contributed by atoms with E-state index in [4.69, 9.17) is 6.42 Å². The fourth-order valence-electron chi connectivity index (χ4n) is 1.88. The molecule has 0 aliphatic carbocycles. The summed E-state index contributed by atoms with van der Waals surface area (Å²) in [7, 11) is 1.98. The Morgan fingerprint density at radius 2 is 2.17 bits per heavy atom. The molecule has 0 fully saturated rings. The first-order valence-electron chi connectivity index (χ1n) is 5.94. The Morgan fingerprint density at radius 1 is 1.44 bits per heavy atom. The molecule has 0 aromatic heterocycles. The molecular weight excluding hydrogens is 229 g/mol. The van der Waals surface area contributed by atoms with Crippen LogP contribution in [0.5, 0.6) is 0 Å². The molecule has 4 heteroatoms. The monoisotopic (exact) mass is 245 g/mol. The first kappa shape index (κ1) is 12.4. The first-order chi connectivity index (χ1) is 8.70. The Morgan fingerprint density at radius 3 is 2.78 bits per heavy atom. The van der Waals surface area contributed by atoms with Crippen LogP contribution in [0.4, 0.5) is 4.39 Å². The van der Waals surface area contributed by atoms with Crippen LogP contribution < -0.4 is 5.32 Å². The fourth-order valence-corrected chi connectivity index (χ4v) is 1.88. The molecule has 0 bridgehead atoms. The molecule has 3 nitrogen and oxygen atoms in total. The van der Waals surface area contributed by atoms with Gasteiger partial charge in [0.15, 0.2) is 5.96 Å². The van der Waals surface area contributed by atoms with Crippen molar-refractivity contribution < 1.29 is 4.39 Å². The third-order valence-electron chi connectivity index (χ3n) is 2.92. The van der Waals surface area contributed by atoms with E-state index in [0.717, 1.165) is 31.0 Å². The van der Waals surface area contributed by atoms with Crippen LogP contribution in [0.1, 0.15) is 18.0 Å². The molecule has 1 N–H and O–H groups in total. The van der Waals surface area contributed by atoms with Crippen LogP contribution in [-0.2, 0) is 0 Å². The Kier molecular flexibility index (Phi) is 3.83. The van der Waals surface area contributed by atoms with Crippen molar-refractivity contribution in [2.75, 3.05) is 20.1 Å².